The van der Waals surface area contributed by atoms with Crippen LogP contribution in [0.2, 0.25) is 0 Å². The van der Waals surface area contributed by atoms with Gasteiger partial charge in [-0.25, -0.2) is 0 Å². The van der Waals surface area contributed by atoms with Gasteiger partial charge in [0, 0.05) is 34.4 Å². The number of para-hydroxylation sites is 1. The number of pyridine rings is 1. The number of carbonyl (C=O) groups is 1. The number of aromatic amines is 1. The molecule has 1 atom stereocenters. The normalized spacial score (nSPS) is 30.8. The fraction of sp³-hybridized carbons (Fsp3) is 0.538. The van der Waals surface area contributed by atoms with Gasteiger partial charge in [0.25, 0.3) is 0 Å². The van der Waals surface area contributed by atoms with Crippen LogP contribution in [-0.2, 0) is 11.2 Å². The molecule has 0 radical (unpaired) electrons. The average molecular weight is 402 g/mol. The van der Waals surface area contributed by atoms with Gasteiger partial charge in [0.2, 0.25) is 5.91 Å². The van der Waals surface area contributed by atoms with Crippen molar-refractivity contribution < 1.29 is 4.79 Å². The van der Waals surface area contributed by atoms with Crippen molar-refractivity contribution in [1.29, 1.82) is 0 Å². The number of hydrogen-bond acceptors (Lipinski definition) is 2. The summed E-state index contributed by atoms with van der Waals surface area (Å²) in [6.45, 7) is 2.27. The Bertz CT molecular complexity index is 1080. The second-order valence-electron chi connectivity index (χ2n) is 10.5. The van der Waals surface area contributed by atoms with Crippen LogP contribution in [0.4, 0.5) is 0 Å². The zero-order valence-corrected chi connectivity index (χ0v) is 17.8. The quantitative estimate of drug-likeness (QED) is 0.604. The predicted molar refractivity (Wildman–Crippen MR) is 120 cm³/mol. The van der Waals surface area contributed by atoms with E-state index in [1.165, 1.54) is 49.3 Å². The monoisotopic (exact) mass is 401 g/mol. The molecule has 2 heterocycles. The smallest absolute Gasteiger partial charge is 0.220 e. The number of carbonyl (C=O) groups excluding carboxylic acids is 1. The number of aromatic nitrogens is 2. The minimum atomic E-state index is 0.180. The number of benzene rings is 1. The zero-order valence-electron chi connectivity index (χ0n) is 17.8. The highest BCUT2D eigenvalue weighted by molar-refractivity contribution is 6.06. The summed E-state index contributed by atoms with van der Waals surface area (Å²) in [6, 6.07) is 10.8. The van der Waals surface area contributed by atoms with Crippen molar-refractivity contribution >= 4 is 27.7 Å². The van der Waals surface area contributed by atoms with Gasteiger partial charge in [0.05, 0.1) is 11.7 Å². The molecule has 4 heteroatoms. The first kappa shape index (κ1) is 18.4. The van der Waals surface area contributed by atoms with Crippen LogP contribution in [0.15, 0.2) is 36.5 Å². The van der Waals surface area contributed by atoms with Crippen LogP contribution in [-0.4, -0.2) is 21.9 Å². The number of aryl methyl sites for hydroxylation is 1. The van der Waals surface area contributed by atoms with E-state index in [4.69, 9.17) is 0 Å². The standard InChI is InChI=1S/C26H31N3O/c1-16(26-12-17-8-18(13-26)10-19(9-17)14-26)28-25(30)7-6-20-11-22-21-4-2-3-5-23(21)29-24(22)15-27-20/h2-5,11,15-19,29H,6-10,12-14H2,1H3,(H,28,30). The Hall–Kier alpha value is -2.36. The summed E-state index contributed by atoms with van der Waals surface area (Å²) in [4.78, 5) is 20.8. The number of amides is 1. The van der Waals surface area contributed by atoms with Crippen LogP contribution in [0.3, 0.4) is 0 Å². The van der Waals surface area contributed by atoms with Crippen molar-refractivity contribution in [2.24, 2.45) is 23.2 Å². The summed E-state index contributed by atoms with van der Waals surface area (Å²) >= 11 is 0. The number of nitrogens with one attached hydrogen (secondary N) is 2. The third kappa shape index (κ3) is 3.03. The maximum Gasteiger partial charge on any atom is 0.220 e. The zero-order chi connectivity index (χ0) is 20.3. The predicted octanol–water partition coefficient (Wildman–Crippen LogP) is 5.37. The number of H-pyrrole nitrogens is 1. The lowest BCUT2D eigenvalue weighted by molar-refractivity contribution is -0.125. The lowest BCUT2D eigenvalue weighted by Crippen LogP contribution is -2.55. The Morgan fingerprint density at radius 2 is 1.80 bits per heavy atom. The Balaban J connectivity index is 1.12. The summed E-state index contributed by atoms with van der Waals surface area (Å²) in [5.74, 6) is 2.94. The summed E-state index contributed by atoms with van der Waals surface area (Å²) < 4.78 is 0. The number of nitrogens with zero attached hydrogens (tertiary/aromatic N) is 1. The maximum atomic E-state index is 12.8. The number of rotatable bonds is 5. The molecule has 4 fully saturated rings. The topological polar surface area (TPSA) is 57.8 Å². The summed E-state index contributed by atoms with van der Waals surface area (Å²) in [7, 11) is 0. The third-order valence-electron chi connectivity index (χ3n) is 8.44. The van der Waals surface area contributed by atoms with Crippen molar-refractivity contribution in [2.45, 2.75) is 64.3 Å². The largest absolute Gasteiger partial charge is 0.353 e. The molecule has 4 aliphatic rings. The molecule has 7 rings (SSSR count). The van der Waals surface area contributed by atoms with Crippen LogP contribution >= 0.6 is 0 Å². The van der Waals surface area contributed by atoms with E-state index >= 15 is 0 Å². The first-order valence-electron chi connectivity index (χ1n) is 11.7. The highest BCUT2D eigenvalue weighted by atomic mass is 16.1. The summed E-state index contributed by atoms with van der Waals surface area (Å²) in [5.41, 5.74) is 3.55. The Kier molecular flexibility index (Phi) is 4.19. The van der Waals surface area contributed by atoms with Crippen LogP contribution in [0.1, 0.15) is 57.6 Å². The van der Waals surface area contributed by atoms with Gasteiger partial charge in [-0.2, -0.15) is 0 Å². The van der Waals surface area contributed by atoms with Gasteiger partial charge in [-0.05, 0) is 87.2 Å². The van der Waals surface area contributed by atoms with Gasteiger partial charge >= 0.3 is 0 Å². The second kappa shape index (κ2) is 6.83. The van der Waals surface area contributed by atoms with Gasteiger partial charge in [0.15, 0.2) is 0 Å². The Labute approximate surface area is 177 Å². The van der Waals surface area contributed by atoms with Crippen LogP contribution < -0.4 is 5.32 Å². The van der Waals surface area contributed by atoms with Gasteiger partial charge in [0.1, 0.15) is 0 Å². The lowest BCUT2D eigenvalue weighted by Gasteiger charge is -2.59. The van der Waals surface area contributed by atoms with Crippen molar-refractivity contribution in [3.8, 4) is 0 Å². The summed E-state index contributed by atoms with van der Waals surface area (Å²) in [5, 5.41) is 5.81. The van der Waals surface area contributed by atoms with Crippen molar-refractivity contribution in [3.05, 3.63) is 42.2 Å². The highest BCUT2D eigenvalue weighted by Gasteiger charge is 2.53. The minimum Gasteiger partial charge on any atom is -0.353 e. The van der Waals surface area contributed by atoms with Gasteiger partial charge in [-0.3, -0.25) is 9.78 Å². The maximum absolute atomic E-state index is 12.8. The van der Waals surface area contributed by atoms with Gasteiger partial charge in [-0.15, -0.1) is 0 Å². The molecule has 2 aromatic heterocycles. The summed E-state index contributed by atoms with van der Waals surface area (Å²) in [6.07, 6.45) is 11.4. The first-order valence-corrected chi connectivity index (χ1v) is 11.7. The fourth-order valence-electron chi connectivity index (χ4n) is 7.35. The van der Waals surface area contributed by atoms with E-state index in [2.05, 4.69) is 46.5 Å². The Morgan fingerprint density at radius 3 is 2.53 bits per heavy atom. The van der Waals surface area contributed by atoms with Gasteiger partial charge in [-0.1, -0.05) is 18.2 Å². The molecule has 1 amide bonds. The SMILES string of the molecule is CC(NC(=O)CCc1cc2c(cn1)[nH]c1ccccc12)C12CC3CC(CC(C3)C1)C2. The number of hydrogen-bond donors (Lipinski definition) is 2. The molecule has 0 aliphatic heterocycles. The Morgan fingerprint density at radius 1 is 1.10 bits per heavy atom. The van der Waals surface area contributed by atoms with Crippen LogP contribution in [0.5, 0.6) is 0 Å². The van der Waals surface area contributed by atoms with E-state index in [1.54, 1.807) is 0 Å². The molecule has 4 bridgehead atoms. The molecule has 2 N–H and O–H groups in total. The molecular formula is C26H31N3O. The first-order chi connectivity index (χ1) is 14.6. The molecular weight excluding hydrogens is 370 g/mol. The van der Waals surface area contributed by atoms with Gasteiger partial charge < -0.3 is 10.3 Å². The van der Waals surface area contributed by atoms with Crippen molar-refractivity contribution in [1.82, 2.24) is 15.3 Å². The molecule has 30 heavy (non-hydrogen) atoms. The minimum absolute atomic E-state index is 0.180. The van der Waals surface area contributed by atoms with Crippen molar-refractivity contribution in [3.63, 3.8) is 0 Å². The lowest BCUT2D eigenvalue weighted by atomic mass is 9.48. The molecule has 1 aromatic carbocycles. The van der Waals surface area contributed by atoms with E-state index < -0.39 is 0 Å². The second-order valence-corrected chi connectivity index (χ2v) is 10.5. The highest BCUT2D eigenvalue weighted by Crippen LogP contribution is 2.61. The van der Waals surface area contributed by atoms with E-state index in [-0.39, 0.29) is 5.91 Å². The molecule has 156 valence electrons. The van der Waals surface area contributed by atoms with Crippen LogP contribution in [0, 0.1) is 23.2 Å². The third-order valence-corrected chi connectivity index (χ3v) is 8.44. The molecule has 4 nitrogen and oxygen atoms in total. The fourth-order valence-corrected chi connectivity index (χ4v) is 7.35. The van der Waals surface area contributed by atoms with E-state index in [1.807, 2.05) is 12.3 Å². The molecule has 3 aromatic rings. The molecule has 1 unspecified atom stereocenters. The molecule has 4 saturated carbocycles. The van der Waals surface area contributed by atoms with Crippen LogP contribution in [0.25, 0.3) is 21.8 Å². The number of fused-ring (bicyclic) bond motifs is 3. The van der Waals surface area contributed by atoms with E-state index in [9.17, 15) is 4.79 Å². The average Bonchev–Trinajstić information content (AvgIpc) is 3.09. The molecule has 4 aliphatic carbocycles. The van der Waals surface area contributed by atoms with E-state index in [0.717, 1.165) is 34.5 Å². The van der Waals surface area contributed by atoms with Crippen molar-refractivity contribution in [2.75, 3.05) is 0 Å². The van der Waals surface area contributed by atoms with E-state index in [0.29, 0.717) is 24.3 Å². The molecule has 0 spiro atoms. The molecule has 0 saturated heterocycles.